The molecule has 93 heavy (non-hydrogen) atoms. The van der Waals surface area contributed by atoms with E-state index in [0.717, 1.165) is 16.8 Å². The van der Waals surface area contributed by atoms with Gasteiger partial charge in [0.05, 0.1) is 36.1 Å². The zero-order chi connectivity index (χ0) is 67.3. The smallest absolute Gasteiger partial charge is 0.410 e. The Morgan fingerprint density at radius 3 is 2.20 bits per heavy atom. The maximum Gasteiger partial charge on any atom is 0.410 e. The molecule has 0 spiro atoms. The highest BCUT2D eigenvalue weighted by Gasteiger charge is 2.53. The quantitative estimate of drug-likeness (QED) is 0.114. The van der Waals surface area contributed by atoms with Crippen molar-refractivity contribution >= 4 is 53.1 Å². The maximum absolute atomic E-state index is 14.7. The number of piperazine rings is 1. The van der Waals surface area contributed by atoms with E-state index in [9.17, 15) is 48.9 Å². The minimum Gasteiger partial charge on any atom is -0.460 e. The minimum atomic E-state index is -2.48. The normalized spacial score (nSPS) is 33.4. The number of esters is 1. The van der Waals surface area contributed by atoms with Crippen molar-refractivity contribution in [2.75, 3.05) is 69.8 Å². The van der Waals surface area contributed by atoms with Gasteiger partial charge in [-0.15, -0.1) is 0 Å². The highest BCUT2D eigenvalue weighted by molar-refractivity contribution is 6.39. The van der Waals surface area contributed by atoms with Crippen LogP contribution in [0.3, 0.4) is 0 Å². The molecule has 15 atom stereocenters. The summed E-state index contributed by atoms with van der Waals surface area (Å²) in [7, 11) is 3.13. The number of piperidine rings is 1. The molecule has 1 saturated carbocycles. The average molecular weight is 1290 g/mol. The second-order valence-electron chi connectivity index (χ2n) is 26.7. The Morgan fingerprint density at radius 1 is 0.796 bits per heavy atom. The first kappa shape index (κ1) is 72.0. The summed E-state index contributed by atoms with van der Waals surface area (Å²) in [6.45, 7) is 17.9. The first-order valence-electron chi connectivity index (χ1n) is 33.5. The number of fused-ring (bicyclic) bond motifs is 4. The number of aromatic nitrogens is 4. The van der Waals surface area contributed by atoms with Gasteiger partial charge in [0, 0.05) is 121 Å². The van der Waals surface area contributed by atoms with Gasteiger partial charge >= 0.3 is 12.1 Å². The Bertz CT molecular complexity index is 3080. The number of nitrogens with one attached hydrogen (secondary N) is 1. The Labute approximate surface area is 547 Å². The van der Waals surface area contributed by atoms with Crippen molar-refractivity contribution < 1.29 is 72.6 Å². The lowest BCUT2D eigenvalue weighted by atomic mass is 9.78. The summed E-state index contributed by atoms with van der Waals surface area (Å²) in [5.74, 6) is -8.26. The molecule has 2 aromatic heterocycles. The number of anilines is 2. The molecule has 3 saturated heterocycles. The number of nitrogens with zero attached hydrogens (tertiary/aromatic N) is 8. The van der Waals surface area contributed by atoms with E-state index in [2.05, 4.69) is 25.1 Å². The molecular formula is C69H99N9O15. The number of hydrogen-bond acceptors (Lipinski definition) is 21. The highest BCUT2D eigenvalue weighted by atomic mass is 16.6. The molecule has 0 radical (unpaired) electrons. The number of carbonyl (C=O) groups excluding carboxylic acids is 7. The van der Waals surface area contributed by atoms with E-state index < -0.39 is 108 Å². The van der Waals surface area contributed by atoms with Gasteiger partial charge in [-0.25, -0.2) is 29.5 Å². The number of carbonyl (C=O) groups is 7. The SMILES string of the molecule is CCNC(=O)c1cnc(N2CCN(c3ncc4c(n3)CCN(C(=O)O[C@@H]3CC[C@@H](C[C@@H](C)[C@@H]5CC(=O)[C@H](C)/C=C(\C)[C@@H](O)[C@@H](O)C(=O)[C@H](C)C[C@H](C)/C=C/C=C/C=C(\C)[C@@H](OC)C[C@@H]6CC[C@@H](C)[C@@](O)(O6)C(=O)C(=O)N6CCCC[C@H]6C(=O)O5)C[C@H]3OC)C4)CC2)nc1. The van der Waals surface area contributed by atoms with Crippen LogP contribution in [0.1, 0.15) is 154 Å². The van der Waals surface area contributed by atoms with E-state index in [-0.39, 0.29) is 61.5 Å². The predicted molar refractivity (Wildman–Crippen MR) is 345 cm³/mol. The van der Waals surface area contributed by atoms with Gasteiger partial charge in [-0.1, -0.05) is 71.1 Å². The predicted octanol–water partition coefficient (Wildman–Crippen LogP) is 6.39. The first-order valence-corrected chi connectivity index (χ1v) is 33.5. The standard InChI is InChI=1S/C69H99N9O15/c1-11-70-63(84)49-37-71-66(72-38-49)75-27-29-76(30-28-75)67-73-39-50-40-77(26-24-52(50)74-67)68(87)92-55-23-21-48(34-58(55)90-10)33-44(5)57-36-54(79)43(4)32-46(7)60(81)61(82)59(80)45(6)31-41(2)17-13-12-14-18-42(3)56(89-9)35-51-22-20-47(8)69(88,93-51)62(83)64(85)78-25-16-15-19-53(78)65(86)91-57/h12-14,17-18,32,37-39,41,43-45,47-48,51,53,55-58,60-61,81-82,88H,11,15-16,19-31,33-36,40H2,1-10H3,(H,70,84)/b14-12+,17-13+,42-18+,46-32+/t41-,43-,44-,45-,47-,48+,51+,53+,55-,56+,57+,58-,60-,61+,69-/m1/s1. The van der Waals surface area contributed by atoms with Crippen LogP contribution in [0.4, 0.5) is 16.7 Å². The Kier molecular flexibility index (Phi) is 25.6. The molecule has 4 fully saturated rings. The summed E-state index contributed by atoms with van der Waals surface area (Å²) < 4.78 is 30.7. The summed E-state index contributed by atoms with van der Waals surface area (Å²) in [4.78, 5) is 123. The number of aliphatic hydroxyl groups excluding tert-OH is 2. The average Bonchev–Trinajstić information content (AvgIpc) is 0.794. The first-order chi connectivity index (χ1) is 44.4. The molecule has 510 valence electrons. The van der Waals surface area contributed by atoms with Crippen molar-refractivity contribution in [3.63, 3.8) is 0 Å². The number of Topliss-reactive ketones (excluding diaryl/α,β-unsaturated/α-hetero) is 3. The largest absolute Gasteiger partial charge is 0.460 e. The maximum atomic E-state index is 14.7. The second-order valence-corrected chi connectivity index (χ2v) is 26.7. The lowest BCUT2D eigenvalue weighted by Gasteiger charge is -2.42. The van der Waals surface area contributed by atoms with Gasteiger partial charge in [0.25, 0.3) is 17.6 Å². The third-order valence-corrected chi connectivity index (χ3v) is 19.7. The van der Waals surface area contributed by atoms with Crippen molar-refractivity contribution in [2.24, 2.45) is 35.5 Å². The van der Waals surface area contributed by atoms with E-state index in [0.29, 0.717) is 121 Å². The van der Waals surface area contributed by atoms with Crippen LogP contribution in [0.25, 0.3) is 0 Å². The molecule has 5 aliphatic heterocycles. The summed E-state index contributed by atoms with van der Waals surface area (Å²) in [6, 6.07) is -1.22. The van der Waals surface area contributed by atoms with Crippen molar-refractivity contribution in [1.29, 1.82) is 0 Å². The van der Waals surface area contributed by atoms with E-state index in [4.69, 9.17) is 33.7 Å². The highest BCUT2D eigenvalue weighted by Crippen LogP contribution is 2.39. The van der Waals surface area contributed by atoms with Crippen LogP contribution in [-0.4, -0.2) is 201 Å². The zero-order valence-corrected chi connectivity index (χ0v) is 55.9. The van der Waals surface area contributed by atoms with Crippen LogP contribution in [0.15, 0.2) is 66.2 Å². The van der Waals surface area contributed by atoms with Gasteiger partial charge in [-0.3, -0.25) is 24.0 Å². The fourth-order valence-electron chi connectivity index (χ4n) is 13.8. The van der Waals surface area contributed by atoms with Crippen LogP contribution in [0.5, 0.6) is 0 Å². The number of allylic oxidation sites excluding steroid dienone is 6. The van der Waals surface area contributed by atoms with Gasteiger partial charge in [0.2, 0.25) is 17.7 Å². The van der Waals surface area contributed by atoms with Gasteiger partial charge < -0.3 is 63.9 Å². The van der Waals surface area contributed by atoms with Crippen LogP contribution in [0, 0.1) is 35.5 Å². The molecule has 0 unspecified atom stereocenters. The molecule has 8 rings (SSSR count). The summed E-state index contributed by atoms with van der Waals surface area (Å²) >= 11 is 0. The van der Waals surface area contributed by atoms with E-state index >= 15 is 0 Å². The lowest BCUT2D eigenvalue weighted by molar-refractivity contribution is -0.265. The van der Waals surface area contributed by atoms with Crippen molar-refractivity contribution in [2.45, 2.75) is 200 Å². The third kappa shape index (κ3) is 18.1. The molecule has 3 amide bonds. The van der Waals surface area contributed by atoms with Crippen LogP contribution in [-0.2, 0) is 60.6 Å². The van der Waals surface area contributed by atoms with Crippen LogP contribution < -0.4 is 15.1 Å². The molecule has 24 nitrogen and oxygen atoms in total. The van der Waals surface area contributed by atoms with E-state index in [1.165, 1.54) is 23.4 Å². The topological polar surface area (TPSA) is 303 Å². The molecule has 2 aromatic rings. The molecular weight excluding hydrogens is 1190 g/mol. The number of ketones is 3. The number of cyclic esters (lactones) is 1. The van der Waals surface area contributed by atoms with Crippen molar-refractivity contribution in [3.8, 4) is 0 Å². The summed E-state index contributed by atoms with van der Waals surface area (Å²) in [5.41, 5.74) is 3.16. The monoisotopic (exact) mass is 1290 g/mol. The fraction of sp³-hybridized carbons (Fsp3) is 0.667. The number of amides is 3. The zero-order valence-electron chi connectivity index (χ0n) is 55.9. The van der Waals surface area contributed by atoms with Crippen molar-refractivity contribution in [3.05, 3.63) is 83.0 Å². The molecule has 0 aromatic carbocycles. The van der Waals surface area contributed by atoms with Crippen LogP contribution >= 0.6 is 0 Å². The summed E-state index contributed by atoms with van der Waals surface area (Å²) in [5, 5.41) is 37.4. The minimum absolute atomic E-state index is 0.0297. The fourth-order valence-corrected chi connectivity index (χ4v) is 13.8. The summed E-state index contributed by atoms with van der Waals surface area (Å²) in [6.07, 6.45) is 13.7. The molecule has 24 heteroatoms. The van der Waals surface area contributed by atoms with Crippen LogP contribution in [0.2, 0.25) is 0 Å². The van der Waals surface area contributed by atoms with Crippen molar-refractivity contribution in [1.82, 2.24) is 35.1 Å². The number of methoxy groups -OCH3 is 2. The number of aliphatic hydroxyl groups is 3. The van der Waals surface area contributed by atoms with Gasteiger partial charge in [0.15, 0.2) is 5.78 Å². The third-order valence-electron chi connectivity index (χ3n) is 19.7. The number of rotatable bonds is 10. The Morgan fingerprint density at radius 2 is 1.51 bits per heavy atom. The Hall–Kier alpha value is -6.83. The molecule has 4 N–H and O–H groups in total. The number of ether oxygens (including phenoxy) is 5. The van der Waals surface area contributed by atoms with Gasteiger partial charge in [-0.05, 0) is 114 Å². The second kappa shape index (κ2) is 33.0. The van der Waals surface area contributed by atoms with Gasteiger partial charge in [0.1, 0.15) is 36.2 Å². The van der Waals surface area contributed by atoms with E-state index in [1.807, 2.05) is 58.1 Å². The molecule has 6 aliphatic rings. The van der Waals surface area contributed by atoms with E-state index in [1.54, 1.807) is 53.0 Å². The lowest BCUT2D eigenvalue weighted by Crippen LogP contribution is -2.61. The Balaban J connectivity index is 0.934. The number of hydrogen-bond donors (Lipinski definition) is 4. The molecule has 1 aliphatic carbocycles. The molecule has 2 bridgehead atoms. The molecule has 7 heterocycles. The van der Waals surface area contributed by atoms with Gasteiger partial charge in [-0.2, -0.15) is 0 Å².